The van der Waals surface area contributed by atoms with Crippen LogP contribution in [-0.4, -0.2) is 25.8 Å². The second-order valence-corrected chi connectivity index (χ2v) is 4.10. The molecule has 0 saturated carbocycles. The zero-order chi connectivity index (χ0) is 11.5. The highest BCUT2D eigenvalue weighted by Crippen LogP contribution is 2.15. The van der Waals surface area contributed by atoms with Crippen molar-refractivity contribution in [3.05, 3.63) is 24.3 Å². The zero-order valence-electron chi connectivity index (χ0n) is 9.64. The van der Waals surface area contributed by atoms with Crippen LogP contribution in [0, 0.1) is 0 Å². The summed E-state index contributed by atoms with van der Waals surface area (Å²) in [6.45, 7) is 2.00. The van der Waals surface area contributed by atoms with Gasteiger partial charge in [0.2, 0.25) is 0 Å². The highest BCUT2D eigenvalue weighted by Gasteiger charge is 2.06. The summed E-state index contributed by atoms with van der Waals surface area (Å²) in [7, 11) is 1.91. The number of aromatic amines is 1. The Balaban J connectivity index is 2.11. The van der Waals surface area contributed by atoms with E-state index in [-0.39, 0.29) is 6.04 Å². The van der Waals surface area contributed by atoms with E-state index in [0.29, 0.717) is 0 Å². The summed E-state index contributed by atoms with van der Waals surface area (Å²) in [6.07, 6.45) is 5.44. The maximum Gasteiger partial charge on any atom is 0.106 e. The van der Waals surface area contributed by atoms with E-state index in [1.54, 1.807) is 6.20 Å². The van der Waals surface area contributed by atoms with Gasteiger partial charge in [-0.05, 0) is 19.4 Å². The topological polar surface area (TPSA) is 72.5 Å². The maximum atomic E-state index is 5.71. The van der Waals surface area contributed by atoms with E-state index in [2.05, 4.69) is 15.1 Å². The molecule has 16 heavy (non-hydrogen) atoms. The molecule has 5 heteroatoms. The molecule has 0 aliphatic rings. The number of hydrogen-bond donors (Lipinski definition) is 2. The van der Waals surface area contributed by atoms with Gasteiger partial charge in [-0.3, -0.25) is 4.68 Å². The Kier molecular flexibility index (Phi) is 3.05. The molecule has 2 aromatic heterocycles. The normalized spacial score (nSPS) is 12.9. The van der Waals surface area contributed by atoms with Crippen molar-refractivity contribution in [2.45, 2.75) is 25.8 Å². The first kappa shape index (κ1) is 10.9. The minimum Gasteiger partial charge on any atom is -0.341 e. The summed E-state index contributed by atoms with van der Waals surface area (Å²) < 4.78 is 1.82. The number of rotatable bonds is 4. The van der Waals surface area contributed by atoms with E-state index < -0.39 is 0 Å². The zero-order valence-corrected chi connectivity index (χ0v) is 9.64. The van der Waals surface area contributed by atoms with Gasteiger partial charge in [0.1, 0.15) is 5.82 Å². The van der Waals surface area contributed by atoms with Gasteiger partial charge < -0.3 is 10.7 Å². The lowest BCUT2D eigenvalue weighted by molar-refractivity contribution is 0.651. The first-order valence-electron chi connectivity index (χ1n) is 5.44. The monoisotopic (exact) mass is 219 g/mol. The number of nitrogens with two attached hydrogens (primary N) is 1. The quantitative estimate of drug-likeness (QED) is 0.808. The second kappa shape index (κ2) is 4.49. The van der Waals surface area contributed by atoms with Crippen molar-refractivity contribution < 1.29 is 0 Å². The van der Waals surface area contributed by atoms with Crippen LogP contribution in [0.4, 0.5) is 0 Å². The number of imidazole rings is 1. The van der Waals surface area contributed by atoms with E-state index >= 15 is 0 Å². The molecule has 0 aliphatic carbocycles. The van der Waals surface area contributed by atoms with E-state index in [1.807, 2.05) is 30.9 Å². The number of nitrogens with zero attached hydrogens (tertiary/aromatic N) is 3. The molecule has 2 aromatic rings. The molecule has 1 unspecified atom stereocenters. The standard InChI is InChI=1S/C11H17N5/c1-8(12)3-4-11-13-7-9(15-11)10-5-6-14-16(10)2/h5-8H,3-4,12H2,1-2H3,(H,13,15). The van der Waals surface area contributed by atoms with Crippen LogP contribution in [0.15, 0.2) is 18.5 Å². The Morgan fingerprint density at radius 2 is 2.38 bits per heavy atom. The molecule has 0 bridgehead atoms. The Labute approximate surface area is 94.7 Å². The molecule has 3 N–H and O–H groups in total. The smallest absolute Gasteiger partial charge is 0.106 e. The van der Waals surface area contributed by atoms with Crippen LogP contribution in [0.3, 0.4) is 0 Å². The summed E-state index contributed by atoms with van der Waals surface area (Å²) in [5, 5.41) is 4.13. The van der Waals surface area contributed by atoms with Crippen molar-refractivity contribution in [2.24, 2.45) is 12.8 Å². The van der Waals surface area contributed by atoms with Crippen LogP contribution in [0.5, 0.6) is 0 Å². The van der Waals surface area contributed by atoms with Crippen LogP contribution in [0.25, 0.3) is 11.4 Å². The Morgan fingerprint density at radius 3 is 3.00 bits per heavy atom. The fourth-order valence-electron chi connectivity index (χ4n) is 1.62. The maximum absolute atomic E-state index is 5.71. The number of hydrogen-bond acceptors (Lipinski definition) is 3. The molecule has 0 fully saturated rings. The third-order valence-electron chi connectivity index (χ3n) is 2.56. The lowest BCUT2D eigenvalue weighted by Crippen LogP contribution is -2.15. The van der Waals surface area contributed by atoms with E-state index in [4.69, 9.17) is 5.73 Å². The fraction of sp³-hybridized carbons (Fsp3) is 0.455. The number of aryl methyl sites for hydroxylation is 2. The SMILES string of the molecule is CC(N)CCc1ncc(-c2ccnn2C)[nH]1. The van der Waals surface area contributed by atoms with Gasteiger partial charge in [0, 0.05) is 25.7 Å². The van der Waals surface area contributed by atoms with Gasteiger partial charge in [0.15, 0.2) is 0 Å². The summed E-state index contributed by atoms with van der Waals surface area (Å²) >= 11 is 0. The lowest BCUT2D eigenvalue weighted by atomic mass is 10.2. The van der Waals surface area contributed by atoms with Gasteiger partial charge in [-0.15, -0.1) is 0 Å². The third kappa shape index (κ3) is 2.30. The van der Waals surface area contributed by atoms with Crippen molar-refractivity contribution in [3.8, 4) is 11.4 Å². The van der Waals surface area contributed by atoms with Crippen LogP contribution < -0.4 is 5.73 Å². The van der Waals surface area contributed by atoms with Gasteiger partial charge in [0.05, 0.1) is 17.6 Å². The van der Waals surface area contributed by atoms with Crippen LogP contribution in [-0.2, 0) is 13.5 Å². The fourth-order valence-corrected chi connectivity index (χ4v) is 1.62. The predicted octanol–water partition coefficient (Wildman–Crippen LogP) is 1.09. The van der Waals surface area contributed by atoms with Crippen molar-refractivity contribution >= 4 is 0 Å². The second-order valence-electron chi connectivity index (χ2n) is 4.10. The average molecular weight is 219 g/mol. The molecule has 0 radical (unpaired) electrons. The van der Waals surface area contributed by atoms with Gasteiger partial charge in [-0.2, -0.15) is 5.10 Å². The molecule has 1 atom stereocenters. The van der Waals surface area contributed by atoms with Crippen molar-refractivity contribution in [3.63, 3.8) is 0 Å². The van der Waals surface area contributed by atoms with Crippen molar-refractivity contribution in [1.82, 2.24) is 19.7 Å². The highest BCUT2D eigenvalue weighted by atomic mass is 15.3. The molecule has 0 spiro atoms. The summed E-state index contributed by atoms with van der Waals surface area (Å²) in [6, 6.07) is 2.17. The largest absolute Gasteiger partial charge is 0.341 e. The molecular formula is C11H17N5. The minimum atomic E-state index is 0.213. The van der Waals surface area contributed by atoms with Gasteiger partial charge in [0.25, 0.3) is 0 Å². The third-order valence-corrected chi connectivity index (χ3v) is 2.56. The molecule has 2 rings (SSSR count). The molecule has 2 heterocycles. The Morgan fingerprint density at radius 1 is 1.56 bits per heavy atom. The molecule has 0 aliphatic heterocycles. The van der Waals surface area contributed by atoms with Gasteiger partial charge in [-0.1, -0.05) is 0 Å². The summed E-state index contributed by atoms with van der Waals surface area (Å²) in [4.78, 5) is 7.62. The molecule has 0 aromatic carbocycles. The summed E-state index contributed by atoms with van der Waals surface area (Å²) in [5.41, 5.74) is 7.75. The first-order chi connectivity index (χ1) is 7.66. The van der Waals surface area contributed by atoms with Crippen LogP contribution >= 0.6 is 0 Å². The molecule has 86 valence electrons. The average Bonchev–Trinajstić information content (AvgIpc) is 2.83. The summed E-state index contributed by atoms with van der Waals surface area (Å²) in [5.74, 6) is 0.980. The Hall–Kier alpha value is -1.62. The minimum absolute atomic E-state index is 0.213. The Bertz CT molecular complexity index is 454. The molecule has 0 saturated heterocycles. The predicted molar refractivity (Wildman–Crippen MR) is 62.8 cm³/mol. The number of nitrogens with one attached hydrogen (secondary N) is 1. The van der Waals surface area contributed by atoms with Gasteiger partial charge >= 0.3 is 0 Å². The van der Waals surface area contributed by atoms with Crippen LogP contribution in [0.1, 0.15) is 19.2 Å². The number of aromatic nitrogens is 4. The van der Waals surface area contributed by atoms with Gasteiger partial charge in [-0.25, -0.2) is 4.98 Å². The highest BCUT2D eigenvalue weighted by molar-refractivity contribution is 5.52. The molecular weight excluding hydrogens is 202 g/mol. The van der Waals surface area contributed by atoms with Crippen LogP contribution in [0.2, 0.25) is 0 Å². The molecule has 0 amide bonds. The van der Waals surface area contributed by atoms with Crippen molar-refractivity contribution in [2.75, 3.05) is 0 Å². The van der Waals surface area contributed by atoms with E-state index in [1.165, 1.54) is 0 Å². The van der Waals surface area contributed by atoms with E-state index in [9.17, 15) is 0 Å². The lowest BCUT2D eigenvalue weighted by Gasteiger charge is -2.01. The number of H-pyrrole nitrogens is 1. The molecule has 5 nitrogen and oxygen atoms in total. The first-order valence-corrected chi connectivity index (χ1v) is 5.44. The van der Waals surface area contributed by atoms with E-state index in [0.717, 1.165) is 30.1 Å². The van der Waals surface area contributed by atoms with Crippen molar-refractivity contribution in [1.29, 1.82) is 0 Å².